The van der Waals surface area contributed by atoms with Gasteiger partial charge in [0.15, 0.2) is 0 Å². The predicted octanol–water partition coefficient (Wildman–Crippen LogP) is 3.60. The van der Waals surface area contributed by atoms with Gasteiger partial charge >= 0.3 is 0 Å². The SMILES string of the molecule is CCC(C)c1ccc(S(=O)(=O)NCCN(C(C)C)C(C)C)cc1. The number of nitrogens with one attached hydrogen (secondary N) is 1. The Morgan fingerprint density at radius 3 is 1.96 bits per heavy atom. The van der Waals surface area contributed by atoms with Crippen molar-refractivity contribution in [1.82, 2.24) is 9.62 Å². The molecule has 0 aromatic heterocycles. The molecule has 0 aliphatic carbocycles. The molecule has 5 heteroatoms. The normalized spacial score (nSPS) is 14.0. The average molecular weight is 341 g/mol. The van der Waals surface area contributed by atoms with Crippen LogP contribution in [0.4, 0.5) is 0 Å². The molecule has 0 spiro atoms. The van der Waals surface area contributed by atoms with Crippen LogP contribution in [-0.2, 0) is 10.0 Å². The Labute approximate surface area is 142 Å². The van der Waals surface area contributed by atoms with Crippen molar-refractivity contribution in [3.05, 3.63) is 29.8 Å². The Hall–Kier alpha value is -0.910. The standard InChI is InChI=1S/C18H32N2O2S/c1-7-16(6)17-8-10-18(11-9-17)23(21,22)19-12-13-20(14(2)3)15(4)5/h8-11,14-16,19H,7,12-13H2,1-6H3. The highest BCUT2D eigenvalue weighted by Gasteiger charge is 2.17. The zero-order chi connectivity index (χ0) is 17.6. The van der Waals surface area contributed by atoms with Gasteiger partial charge in [0, 0.05) is 25.2 Å². The fourth-order valence-electron chi connectivity index (χ4n) is 2.72. The number of rotatable bonds is 9. The summed E-state index contributed by atoms with van der Waals surface area (Å²) in [6.45, 7) is 13.9. The minimum absolute atomic E-state index is 0.338. The quantitative estimate of drug-likeness (QED) is 0.747. The number of sulfonamides is 1. The van der Waals surface area contributed by atoms with Gasteiger partial charge in [-0.1, -0.05) is 26.0 Å². The fourth-order valence-corrected chi connectivity index (χ4v) is 3.74. The molecular weight excluding hydrogens is 308 g/mol. The monoisotopic (exact) mass is 340 g/mol. The van der Waals surface area contributed by atoms with Crippen molar-refractivity contribution >= 4 is 10.0 Å². The summed E-state index contributed by atoms with van der Waals surface area (Å²) in [5.74, 6) is 0.449. The summed E-state index contributed by atoms with van der Waals surface area (Å²) >= 11 is 0. The Bertz CT molecular complexity index is 557. The third kappa shape index (κ3) is 5.90. The van der Waals surface area contributed by atoms with Crippen molar-refractivity contribution in [3.63, 3.8) is 0 Å². The summed E-state index contributed by atoms with van der Waals surface area (Å²) in [6.07, 6.45) is 1.05. The molecule has 0 heterocycles. The molecule has 0 aliphatic heterocycles. The van der Waals surface area contributed by atoms with Crippen LogP contribution in [0.3, 0.4) is 0 Å². The van der Waals surface area contributed by atoms with E-state index in [9.17, 15) is 8.42 Å². The Morgan fingerprint density at radius 2 is 1.52 bits per heavy atom. The van der Waals surface area contributed by atoms with Crippen LogP contribution in [0, 0.1) is 0 Å². The molecule has 0 saturated heterocycles. The highest BCUT2D eigenvalue weighted by Crippen LogP contribution is 2.20. The first kappa shape index (κ1) is 20.1. The second-order valence-corrected chi connectivity index (χ2v) is 8.47. The van der Waals surface area contributed by atoms with Gasteiger partial charge in [0.2, 0.25) is 10.0 Å². The fraction of sp³-hybridized carbons (Fsp3) is 0.667. The summed E-state index contributed by atoms with van der Waals surface area (Å²) in [4.78, 5) is 2.61. The van der Waals surface area contributed by atoms with E-state index >= 15 is 0 Å². The van der Waals surface area contributed by atoms with Crippen LogP contribution in [0.2, 0.25) is 0 Å². The number of benzene rings is 1. The maximum absolute atomic E-state index is 12.4. The van der Waals surface area contributed by atoms with E-state index in [4.69, 9.17) is 0 Å². The molecule has 23 heavy (non-hydrogen) atoms. The highest BCUT2D eigenvalue weighted by molar-refractivity contribution is 7.89. The van der Waals surface area contributed by atoms with Crippen LogP contribution in [0.1, 0.15) is 59.4 Å². The first-order valence-corrected chi connectivity index (χ1v) is 10.0. The number of hydrogen-bond acceptors (Lipinski definition) is 3. The summed E-state index contributed by atoms with van der Waals surface area (Å²) in [7, 11) is -3.43. The van der Waals surface area contributed by atoms with E-state index in [0.717, 1.165) is 6.42 Å². The zero-order valence-electron chi connectivity index (χ0n) is 15.3. The lowest BCUT2D eigenvalue weighted by molar-refractivity contribution is 0.179. The summed E-state index contributed by atoms with van der Waals surface area (Å²) < 4.78 is 27.5. The number of nitrogens with zero attached hydrogens (tertiary/aromatic N) is 1. The smallest absolute Gasteiger partial charge is 0.240 e. The Kier molecular flexibility index (Phi) is 7.71. The summed E-state index contributed by atoms with van der Waals surface area (Å²) in [5, 5.41) is 0. The van der Waals surface area contributed by atoms with Crippen molar-refractivity contribution in [2.24, 2.45) is 0 Å². The molecule has 4 nitrogen and oxygen atoms in total. The Balaban J connectivity index is 2.69. The number of hydrogen-bond donors (Lipinski definition) is 1. The molecule has 1 aromatic carbocycles. The van der Waals surface area contributed by atoms with Crippen molar-refractivity contribution in [2.75, 3.05) is 13.1 Å². The van der Waals surface area contributed by atoms with Gasteiger partial charge in [0.1, 0.15) is 0 Å². The van der Waals surface area contributed by atoms with Gasteiger partial charge < -0.3 is 0 Å². The maximum atomic E-state index is 12.4. The second kappa shape index (κ2) is 8.81. The van der Waals surface area contributed by atoms with Crippen molar-refractivity contribution in [3.8, 4) is 0 Å². The minimum Gasteiger partial charge on any atom is -0.297 e. The maximum Gasteiger partial charge on any atom is 0.240 e. The van der Waals surface area contributed by atoms with E-state index in [1.165, 1.54) is 5.56 Å². The van der Waals surface area contributed by atoms with Crippen LogP contribution >= 0.6 is 0 Å². The van der Waals surface area contributed by atoms with E-state index in [-0.39, 0.29) is 0 Å². The van der Waals surface area contributed by atoms with Crippen LogP contribution in [-0.4, -0.2) is 38.5 Å². The van der Waals surface area contributed by atoms with Crippen LogP contribution in [0.15, 0.2) is 29.2 Å². The third-order valence-corrected chi connectivity index (χ3v) is 5.84. The molecule has 1 N–H and O–H groups in total. The van der Waals surface area contributed by atoms with Gasteiger partial charge in [-0.15, -0.1) is 0 Å². The van der Waals surface area contributed by atoms with Gasteiger partial charge in [0.05, 0.1) is 4.90 Å². The lowest BCUT2D eigenvalue weighted by Gasteiger charge is -2.30. The molecule has 0 bridgehead atoms. The topological polar surface area (TPSA) is 49.4 Å². The first-order chi connectivity index (χ1) is 10.7. The first-order valence-electron chi connectivity index (χ1n) is 8.54. The molecule has 1 atom stereocenters. The molecule has 1 aromatic rings. The lowest BCUT2D eigenvalue weighted by atomic mass is 9.99. The molecule has 132 valence electrons. The van der Waals surface area contributed by atoms with Crippen LogP contribution in [0.5, 0.6) is 0 Å². The van der Waals surface area contributed by atoms with Crippen LogP contribution in [0.25, 0.3) is 0 Å². The molecule has 0 saturated carbocycles. The molecule has 0 radical (unpaired) electrons. The van der Waals surface area contributed by atoms with Crippen LogP contribution < -0.4 is 4.72 Å². The summed E-state index contributed by atoms with van der Waals surface area (Å²) in [5.41, 5.74) is 1.18. The zero-order valence-corrected chi connectivity index (χ0v) is 16.2. The van der Waals surface area contributed by atoms with Gasteiger partial charge in [-0.25, -0.2) is 13.1 Å². The van der Waals surface area contributed by atoms with Crippen molar-refractivity contribution in [1.29, 1.82) is 0 Å². The van der Waals surface area contributed by atoms with E-state index in [1.807, 2.05) is 12.1 Å². The molecule has 0 aliphatic rings. The molecule has 1 rings (SSSR count). The van der Waals surface area contributed by atoms with Gasteiger partial charge in [0.25, 0.3) is 0 Å². The van der Waals surface area contributed by atoms with Gasteiger partial charge in [-0.2, -0.15) is 0 Å². The molecule has 1 unspecified atom stereocenters. The predicted molar refractivity (Wildman–Crippen MR) is 97.3 cm³/mol. The minimum atomic E-state index is -3.43. The van der Waals surface area contributed by atoms with Gasteiger partial charge in [-0.05, 0) is 57.7 Å². The van der Waals surface area contributed by atoms with E-state index in [0.29, 0.717) is 36.0 Å². The third-order valence-electron chi connectivity index (χ3n) is 4.36. The molecular formula is C18H32N2O2S. The van der Waals surface area contributed by atoms with E-state index < -0.39 is 10.0 Å². The van der Waals surface area contributed by atoms with Gasteiger partial charge in [-0.3, -0.25) is 4.90 Å². The second-order valence-electron chi connectivity index (χ2n) is 6.70. The highest BCUT2D eigenvalue weighted by atomic mass is 32.2. The molecule has 0 amide bonds. The average Bonchev–Trinajstić information content (AvgIpc) is 2.50. The summed E-state index contributed by atoms with van der Waals surface area (Å²) in [6, 6.07) is 8.02. The van der Waals surface area contributed by atoms with E-state index in [1.54, 1.807) is 12.1 Å². The van der Waals surface area contributed by atoms with Crippen molar-refractivity contribution < 1.29 is 8.42 Å². The van der Waals surface area contributed by atoms with E-state index in [2.05, 4.69) is 51.2 Å². The Morgan fingerprint density at radius 1 is 1.00 bits per heavy atom. The van der Waals surface area contributed by atoms with Crippen molar-refractivity contribution in [2.45, 2.75) is 70.9 Å². The lowest BCUT2D eigenvalue weighted by Crippen LogP contribution is -2.42. The largest absolute Gasteiger partial charge is 0.297 e. The molecule has 0 fully saturated rings.